The van der Waals surface area contributed by atoms with Gasteiger partial charge in [-0.05, 0) is 69.7 Å². The molecule has 0 aliphatic carbocycles. The van der Waals surface area contributed by atoms with Gasteiger partial charge in [-0.25, -0.2) is 4.79 Å². The molecule has 0 amide bonds. The number of hydrogen-bond donors (Lipinski definition) is 1. The number of benzene rings is 1. The second-order valence-corrected chi connectivity index (χ2v) is 8.08. The summed E-state index contributed by atoms with van der Waals surface area (Å²) in [6.45, 7) is 10.5. The standard InChI is InChI=1S/C20H29N3O2/c1-14-12-17-18(13-15(14)2)23(19(24)21-17)16-4-8-22(9-5-16)20(3)6-10-25-11-7-20/h12-13,16H,4-11H2,1-3H3,(H,21,24). The van der Waals surface area contributed by atoms with Crippen LogP contribution in [0, 0.1) is 13.8 Å². The van der Waals surface area contributed by atoms with Crippen molar-refractivity contribution in [2.24, 2.45) is 0 Å². The van der Waals surface area contributed by atoms with E-state index in [2.05, 4.69) is 42.8 Å². The van der Waals surface area contributed by atoms with Crippen molar-refractivity contribution in [2.45, 2.75) is 58.0 Å². The summed E-state index contributed by atoms with van der Waals surface area (Å²) >= 11 is 0. The SMILES string of the molecule is Cc1cc2[nH]c(=O)n(C3CCN(C4(C)CCOCC4)CC3)c2cc1C. The lowest BCUT2D eigenvalue weighted by atomic mass is 9.87. The number of ether oxygens (including phenoxy) is 1. The van der Waals surface area contributed by atoms with E-state index in [1.807, 2.05) is 4.57 Å². The van der Waals surface area contributed by atoms with Gasteiger partial charge in [-0.3, -0.25) is 9.47 Å². The molecule has 0 atom stereocenters. The number of fused-ring (bicyclic) bond motifs is 1. The van der Waals surface area contributed by atoms with Gasteiger partial charge in [0.15, 0.2) is 0 Å². The second kappa shape index (κ2) is 6.29. The second-order valence-electron chi connectivity index (χ2n) is 8.08. The van der Waals surface area contributed by atoms with Crippen LogP contribution in [0.15, 0.2) is 16.9 Å². The van der Waals surface area contributed by atoms with Crippen molar-refractivity contribution < 1.29 is 4.74 Å². The van der Waals surface area contributed by atoms with Crippen LogP contribution >= 0.6 is 0 Å². The van der Waals surface area contributed by atoms with Crippen LogP contribution in [0.1, 0.15) is 49.8 Å². The lowest BCUT2D eigenvalue weighted by molar-refractivity contribution is -0.0312. The van der Waals surface area contributed by atoms with Gasteiger partial charge in [0, 0.05) is 37.9 Å². The predicted octanol–water partition coefficient (Wildman–Crippen LogP) is 3.15. The minimum absolute atomic E-state index is 0.0377. The van der Waals surface area contributed by atoms with E-state index in [1.165, 1.54) is 11.1 Å². The van der Waals surface area contributed by atoms with Gasteiger partial charge < -0.3 is 9.72 Å². The maximum absolute atomic E-state index is 12.6. The van der Waals surface area contributed by atoms with Crippen LogP contribution in [0.3, 0.4) is 0 Å². The zero-order valence-electron chi connectivity index (χ0n) is 15.6. The zero-order chi connectivity index (χ0) is 17.6. The largest absolute Gasteiger partial charge is 0.381 e. The van der Waals surface area contributed by atoms with Gasteiger partial charge >= 0.3 is 5.69 Å². The third-order valence-corrected chi connectivity index (χ3v) is 6.49. The minimum Gasteiger partial charge on any atom is -0.381 e. The number of aromatic nitrogens is 2. The van der Waals surface area contributed by atoms with Crippen LogP contribution in [0.25, 0.3) is 11.0 Å². The maximum atomic E-state index is 12.6. The van der Waals surface area contributed by atoms with Gasteiger partial charge in [0.2, 0.25) is 0 Å². The summed E-state index contributed by atoms with van der Waals surface area (Å²) in [5.41, 5.74) is 4.80. The topological polar surface area (TPSA) is 50.3 Å². The molecule has 0 radical (unpaired) electrons. The molecule has 2 aliphatic rings. The number of rotatable bonds is 2. The van der Waals surface area contributed by atoms with Crippen LogP contribution in [0.4, 0.5) is 0 Å². The number of aryl methyl sites for hydroxylation is 2. The molecule has 4 rings (SSSR count). The first kappa shape index (κ1) is 16.9. The first-order valence-electron chi connectivity index (χ1n) is 9.52. The van der Waals surface area contributed by atoms with Crippen molar-refractivity contribution in [3.8, 4) is 0 Å². The first-order chi connectivity index (χ1) is 12.0. The van der Waals surface area contributed by atoms with Crippen LogP contribution in [0.2, 0.25) is 0 Å². The summed E-state index contributed by atoms with van der Waals surface area (Å²) in [5.74, 6) is 0. The Kier molecular flexibility index (Phi) is 4.24. The van der Waals surface area contributed by atoms with Crippen molar-refractivity contribution in [2.75, 3.05) is 26.3 Å². The maximum Gasteiger partial charge on any atom is 0.326 e. The molecule has 0 saturated carbocycles. The van der Waals surface area contributed by atoms with E-state index < -0.39 is 0 Å². The average molecular weight is 343 g/mol. The number of piperidine rings is 1. The monoisotopic (exact) mass is 343 g/mol. The number of aromatic amines is 1. The van der Waals surface area contributed by atoms with Crippen molar-refractivity contribution >= 4 is 11.0 Å². The number of nitrogens with zero attached hydrogens (tertiary/aromatic N) is 2. The molecule has 0 bridgehead atoms. The smallest absolute Gasteiger partial charge is 0.326 e. The van der Waals surface area contributed by atoms with E-state index >= 15 is 0 Å². The summed E-state index contributed by atoms with van der Waals surface area (Å²) in [6.07, 6.45) is 4.30. The van der Waals surface area contributed by atoms with Crippen molar-refractivity contribution in [3.05, 3.63) is 33.7 Å². The number of imidazole rings is 1. The molecule has 2 fully saturated rings. The Morgan fingerprint density at radius 2 is 1.76 bits per heavy atom. The van der Waals surface area contributed by atoms with Crippen LogP contribution in [-0.2, 0) is 4.74 Å². The molecule has 2 saturated heterocycles. The van der Waals surface area contributed by atoms with E-state index in [4.69, 9.17) is 4.74 Å². The summed E-state index contributed by atoms with van der Waals surface area (Å²) in [4.78, 5) is 18.3. The fourth-order valence-corrected chi connectivity index (χ4v) is 4.54. The third kappa shape index (κ3) is 2.93. The summed E-state index contributed by atoms with van der Waals surface area (Å²) in [6, 6.07) is 4.55. The Morgan fingerprint density at radius 1 is 1.12 bits per heavy atom. The molecule has 1 aromatic heterocycles. The molecule has 1 aromatic carbocycles. The summed E-state index contributed by atoms with van der Waals surface area (Å²) < 4.78 is 7.55. The highest BCUT2D eigenvalue weighted by molar-refractivity contribution is 5.77. The molecule has 5 heteroatoms. The lowest BCUT2D eigenvalue weighted by Crippen LogP contribution is -2.53. The molecular weight excluding hydrogens is 314 g/mol. The molecule has 5 nitrogen and oxygen atoms in total. The zero-order valence-corrected chi connectivity index (χ0v) is 15.6. The number of nitrogens with one attached hydrogen (secondary N) is 1. The Bertz CT molecular complexity index is 821. The van der Waals surface area contributed by atoms with Crippen molar-refractivity contribution in [3.63, 3.8) is 0 Å². The van der Waals surface area contributed by atoms with E-state index in [0.29, 0.717) is 6.04 Å². The Balaban J connectivity index is 1.57. The molecule has 1 N–H and O–H groups in total. The highest BCUT2D eigenvalue weighted by Gasteiger charge is 2.36. The summed E-state index contributed by atoms with van der Waals surface area (Å²) in [7, 11) is 0. The molecular formula is C20H29N3O2. The minimum atomic E-state index is 0.0377. The highest BCUT2D eigenvalue weighted by atomic mass is 16.5. The fourth-order valence-electron chi connectivity index (χ4n) is 4.54. The van der Waals surface area contributed by atoms with Gasteiger partial charge in [0.1, 0.15) is 0 Å². The molecule has 136 valence electrons. The predicted molar refractivity (Wildman–Crippen MR) is 100 cm³/mol. The molecule has 25 heavy (non-hydrogen) atoms. The van der Waals surface area contributed by atoms with Crippen LogP contribution < -0.4 is 5.69 Å². The number of likely N-dealkylation sites (tertiary alicyclic amines) is 1. The fraction of sp³-hybridized carbons (Fsp3) is 0.650. The van der Waals surface area contributed by atoms with Gasteiger partial charge in [0.25, 0.3) is 0 Å². The van der Waals surface area contributed by atoms with E-state index in [1.54, 1.807) is 0 Å². The molecule has 2 aliphatic heterocycles. The number of hydrogen-bond acceptors (Lipinski definition) is 3. The van der Waals surface area contributed by atoms with E-state index in [9.17, 15) is 4.79 Å². The third-order valence-electron chi connectivity index (χ3n) is 6.49. The van der Waals surface area contributed by atoms with E-state index in [-0.39, 0.29) is 11.2 Å². The quantitative estimate of drug-likeness (QED) is 0.911. The first-order valence-corrected chi connectivity index (χ1v) is 9.52. The van der Waals surface area contributed by atoms with Crippen LogP contribution in [-0.4, -0.2) is 46.3 Å². The van der Waals surface area contributed by atoms with Gasteiger partial charge in [-0.2, -0.15) is 0 Å². The Hall–Kier alpha value is -1.59. The molecule has 0 unspecified atom stereocenters. The summed E-state index contributed by atoms with van der Waals surface area (Å²) in [5, 5.41) is 0. The molecule has 3 heterocycles. The van der Waals surface area contributed by atoms with Crippen molar-refractivity contribution in [1.29, 1.82) is 0 Å². The van der Waals surface area contributed by atoms with Gasteiger partial charge in [-0.15, -0.1) is 0 Å². The van der Waals surface area contributed by atoms with Gasteiger partial charge in [-0.1, -0.05) is 0 Å². The highest BCUT2D eigenvalue weighted by Crippen LogP contribution is 2.33. The molecule has 0 spiro atoms. The average Bonchev–Trinajstić information content (AvgIpc) is 2.91. The van der Waals surface area contributed by atoms with Crippen molar-refractivity contribution in [1.82, 2.24) is 14.5 Å². The van der Waals surface area contributed by atoms with Gasteiger partial charge in [0.05, 0.1) is 11.0 Å². The van der Waals surface area contributed by atoms with Crippen LogP contribution in [0.5, 0.6) is 0 Å². The lowest BCUT2D eigenvalue weighted by Gasteiger charge is -2.47. The number of H-pyrrole nitrogens is 1. The Morgan fingerprint density at radius 3 is 2.44 bits per heavy atom. The Labute approximate surface area is 149 Å². The molecule has 2 aromatic rings. The van der Waals surface area contributed by atoms with E-state index in [0.717, 1.165) is 63.0 Å². The normalized spacial score (nSPS) is 22.5.